The van der Waals surface area contributed by atoms with Crippen molar-refractivity contribution in [3.05, 3.63) is 35.1 Å². The van der Waals surface area contributed by atoms with Crippen LogP contribution in [0.4, 0.5) is 0 Å². The molecule has 1 saturated heterocycles. The minimum Gasteiger partial charge on any atom is -0.383 e. The van der Waals surface area contributed by atoms with Gasteiger partial charge in [0.15, 0.2) is 0 Å². The van der Waals surface area contributed by atoms with E-state index in [0.717, 1.165) is 5.56 Å². The Morgan fingerprint density at radius 1 is 1.39 bits per heavy atom. The number of benzene rings is 1. The number of hydrogen-bond acceptors (Lipinski definition) is 7. The molecular formula is C20H27ClN6O3S. The van der Waals surface area contributed by atoms with Crippen LogP contribution in [-0.2, 0) is 16.1 Å². The zero-order valence-electron chi connectivity index (χ0n) is 18.2. The second kappa shape index (κ2) is 8.76. The minimum atomic E-state index is -1.20. The van der Waals surface area contributed by atoms with Crippen LogP contribution in [0, 0.1) is 5.41 Å². The van der Waals surface area contributed by atoms with Crippen LogP contribution in [0.1, 0.15) is 40.2 Å². The normalized spacial score (nSPS) is 19.3. The monoisotopic (exact) mass is 466 g/mol. The molecule has 1 aliphatic heterocycles. The molecule has 11 heteroatoms. The third-order valence-electron chi connectivity index (χ3n) is 5.22. The van der Waals surface area contributed by atoms with E-state index in [9.17, 15) is 14.7 Å². The first-order chi connectivity index (χ1) is 14.4. The fourth-order valence-corrected chi connectivity index (χ4v) is 4.75. The van der Waals surface area contributed by atoms with Crippen molar-refractivity contribution in [2.45, 2.75) is 58.1 Å². The van der Waals surface area contributed by atoms with Gasteiger partial charge in [0, 0.05) is 16.3 Å². The number of carbonyl (C=O) groups is 2. The Hall–Kier alpha value is -2.17. The summed E-state index contributed by atoms with van der Waals surface area (Å²) in [6.07, 6.45) is 0.260. The first-order valence-corrected chi connectivity index (χ1v) is 11.2. The van der Waals surface area contributed by atoms with E-state index >= 15 is 0 Å². The van der Waals surface area contributed by atoms with Gasteiger partial charge in [-0.05, 0) is 53.5 Å². The van der Waals surface area contributed by atoms with Crippen LogP contribution in [0.25, 0.3) is 5.69 Å². The molecule has 3 rings (SSSR count). The fraction of sp³-hybridized carbons (Fsp3) is 0.550. The molecule has 0 bridgehead atoms. The van der Waals surface area contributed by atoms with E-state index < -0.39 is 28.2 Å². The summed E-state index contributed by atoms with van der Waals surface area (Å²) in [6.45, 7) is 9.39. The molecular weight excluding hydrogens is 440 g/mol. The van der Waals surface area contributed by atoms with Crippen LogP contribution >= 0.6 is 23.4 Å². The molecule has 2 N–H and O–H groups in total. The molecule has 0 radical (unpaired) electrons. The summed E-state index contributed by atoms with van der Waals surface area (Å²) in [4.78, 5) is 27.7. The third-order valence-corrected chi connectivity index (χ3v) is 6.83. The molecule has 2 heterocycles. The molecule has 168 valence electrons. The quantitative estimate of drug-likeness (QED) is 0.692. The van der Waals surface area contributed by atoms with Gasteiger partial charge in [0.2, 0.25) is 5.91 Å². The highest BCUT2D eigenvalue weighted by atomic mass is 35.5. The summed E-state index contributed by atoms with van der Waals surface area (Å²) in [5.74, 6) is -0.403. The molecule has 0 aliphatic carbocycles. The average molecular weight is 467 g/mol. The van der Waals surface area contributed by atoms with Crippen molar-refractivity contribution >= 4 is 35.2 Å². The Morgan fingerprint density at radius 3 is 2.71 bits per heavy atom. The van der Waals surface area contributed by atoms with Gasteiger partial charge in [-0.1, -0.05) is 32.4 Å². The van der Waals surface area contributed by atoms with E-state index in [2.05, 4.69) is 20.8 Å². The standard InChI is InChI=1S/C20H27ClN6O3S/c1-19(2,3)16(28)18(30)26-11-31-20(4,5)15(26)17(29)22-9-12-8-13(21)6-7-14(12)27-10-23-24-25-27/h6-8,10,15-16,28H,9,11H2,1-5H3,(H,22,29)/t15-,16+/m1/s1. The zero-order chi connectivity index (χ0) is 23.0. The van der Waals surface area contributed by atoms with Crippen LogP contribution < -0.4 is 5.32 Å². The summed E-state index contributed by atoms with van der Waals surface area (Å²) in [5.41, 5.74) is 0.784. The van der Waals surface area contributed by atoms with Gasteiger partial charge >= 0.3 is 0 Å². The molecule has 0 spiro atoms. The molecule has 1 aromatic heterocycles. The number of tetrazole rings is 1. The number of rotatable bonds is 5. The van der Waals surface area contributed by atoms with E-state index in [4.69, 9.17) is 11.6 Å². The fourth-order valence-electron chi connectivity index (χ4n) is 3.41. The van der Waals surface area contributed by atoms with Gasteiger partial charge in [-0.2, -0.15) is 0 Å². The lowest BCUT2D eigenvalue weighted by molar-refractivity contribution is -0.150. The first-order valence-electron chi connectivity index (χ1n) is 9.84. The smallest absolute Gasteiger partial charge is 0.253 e. The minimum absolute atomic E-state index is 0.176. The van der Waals surface area contributed by atoms with E-state index in [1.165, 1.54) is 27.7 Å². The molecule has 1 aliphatic rings. The van der Waals surface area contributed by atoms with Crippen molar-refractivity contribution < 1.29 is 14.7 Å². The number of nitrogens with one attached hydrogen (secondary N) is 1. The molecule has 1 aromatic carbocycles. The summed E-state index contributed by atoms with van der Waals surface area (Å²) in [6, 6.07) is 4.50. The maximum absolute atomic E-state index is 13.2. The Kier molecular flexibility index (Phi) is 6.64. The average Bonchev–Trinajstić information content (AvgIpc) is 3.31. The zero-order valence-corrected chi connectivity index (χ0v) is 19.7. The van der Waals surface area contributed by atoms with Crippen molar-refractivity contribution in [1.82, 2.24) is 30.4 Å². The number of aromatic nitrogens is 4. The molecule has 2 aromatic rings. The van der Waals surface area contributed by atoms with Gasteiger partial charge in [0.1, 0.15) is 18.5 Å². The SMILES string of the molecule is CC(C)(C)[C@@H](O)C(=O)N1CSC(C)(C)[C@H]1C(=O)NCc1cc(Cl)ccc1-n1cnnn1. The molecule has 0 unspecified atom stereocenters. The highest BCUT2D eigenvalue weighted by molar-refractivity contribution is 8.00. The number of aliphatic hydroxyl groups is 1. The van der Waals surface area contributed by atoms with Crippen molar-refractivity contribution in [2.75, 3.05) is 5.88 Å². The largest absolute Gasteiger partial charge is 0.383 e. The molecule has 31 heavy (non-hydrogen) atoms. The molecule has 2 amide bonds. The predicted octanol–water partition coefficient (Wildman–Crippen LogP) is 2.02. The van der Waals surface area contributed by atoms with Gasteiger partial charge in [0.25, 0.3) is 5.91 Å². The van der Waals surface area contributed by atoms with Crippen LogP contribution in [0.2, 0.25) is 5.02 Å². The maximum Gasteiger partial charge on any atom is 0.253 e. The van der Waals surface area contributed by atoms with Crippen LogP contribution in [0.15, 0.2) is 24.5 Å². The summed E-state index contributed by atoms with van der Waals surface area (Å²) in [7, 11) is 0. The Morgan fingerprint density at radius 2 is 2.10 bits per heavy atom. The highest BCUT2D eigenvalue weighted by Crippen LogP contribution is 2.40. The molecule has 2 atom stereocenters. The third kappa shape index (κ3) is 5.02. The lowest BCUT2D eigenvalue weighted by Crippen LogP contribution is -2.56. The number of carbonyl (C=O) groups excluding carboxylic acids is 2. The highest BCUT2D eigenvalue weighted by Gasteiger charge is 2.50. The molecule has 1 fully saturated rings. The lowest BCUT2D eigenvalue weighted by atomic mass is 9.87. The number of halogens is 1. The Balaban J connectivity index is 1.80. The van der Waals surface area contributed by atoms with Gasteiger partial charge in [-0.15, -0.1) is 16.9 Å². The Labute approximate surface area is 190 Å². The first kappa shape index (κ1) is 23.5. The van der Waals surface area contributed by atoms with Crippen molar-refractivity contribution in [3.63, 3.8) is 0 Å². The lowest BCUT2D eigenvalue weighted by Gasteiger charge is -2.34. The molecule has 0 saturated carbocycles. The van der Waals surface area contributed by atoms with Crippen LogP contribution in [-0.4, -0.2) is 64.8 Å². The topological polar surface area (TPSA) is 113 Å². The molecule has 9 nitrogen and oxygen atoms in total. The van der Waals surface area contributed by atoms with Gasteiger partial charge < -0.3 is 15.3 Å². The van der Waals surface area contributed by atoms with Crippen molar-refractivity contribution in [1.29, 1.82) is 0 Å². The van der Waals surface area contributed by atoms with E-state index in [-0.39, 0.29) is 12.5 Å². The van der Waals surface area contributed by atoms with E-state index in [0.29, 0.717) is 16.6 Å². The number of hydrogen-bond donors (Lipinski definition) is 2. The summed E-state index contributed by atoms with van der Waals surface area (Å²) < 4.78 is 0.979. The van der Waals surface area contributed by atoms with Gasteiger partial charge in [-0.25, -0.2) is 4.68 Å². The summed E-state index contributed by atoms with van der Waals surface area (Å²) >= 11 is 7.66. The van der Waals surface area contributed by atoms with E-state index in [1.54, 1.807) is 39.0 Å². The van der Waals surface area contributed by atoms with Crippen molar-refractivity contribution in [2.24, 2.45) is 5.41 Å². The number of thioether (sulfide) groups is 1. The number of amides is 2. The second-order valence-corrected chi connectivity index (χ2v) is 11.1. The summed E-state index contributed by atoms with van der Waals surface area (Å²) in [5, 5.41) is 25.1. The van der Waals surface area contributed by atoms with Gasteiger partial charge in [0.05, 0.1) is 11.6 Å². The van der Waals surface area contributed by atoms with E-state index in [1.807, 2.05) is 13.8 Å². The van der Waals surface area contributed by atoms with Crippen molar-refractivity contribution in [3.8, 4) is 5.69 Å². The van der Waals surface area contributed by atoms with Crippen LogP contribution in [0.3, 0.4) is 0 Å². The van der Waals surface area contributed by atoms with Gasteiger partial charge in [-0.3, -0.25) is 9.59 Å². The predicted molar refractivity (Wildman–Crippen MR) is 119 cm³/mol. The number of aliphatic hydroxyl groups excluding tert-OH is 1. The second-order valence-electron chi connectivity index (χ2n) is 9.10. The Bertz CT molecular complexity index is 960. The number of nitrogens with zero attached hydrogens (tertiary/aromatic N) is 5. The van der Waals surface area contributed by atoms with Crippen LogP contribution in [0.5, 0.6) is 0 Å². The maximum atomic E-state index is 13.2.